The molecule has 0 saturated heterocycles. The number of anilines is 1. The summed E-state index contributed by atoms with van der Waals surface area (Å²) in [6.45, 7) is 7.35. The van der Waals surface area contributed by atoms with Crippen molar-refractivity contribution in [1.29, 1.82) is 0 Å². The Labute approximate surface area is 188 Å². The predicted octanol–water partition coefficient (Wildman–Crippen LogP) is 2.54. The van der Waals surface area contributed by atoms with Crippen molar-refractivity contribution >= 4 is 45.9 Å². The van der Waals surface area contributed by atoms with Gasteiger partial charge in [-0.15, -0.1) is 11.3 Å². The van der Waals surface area contributed by atoms with Crippen LogP contribution in [0.4, 0.5) is 5.00 Å². The maximum atomic E-state index is 12.4. The number of aromatic amines is 1. The first-order valence-corrected chi connectivity index (χ1v) is 10.5. The second-order valence-electron chi connectivity index (χ2n) is 6.87. The molecule has 2 rings (SSSR count). The zero-order valence-corrected chi connectivity index (χ0v) is 19.5. The third-order valence-corrected chi connectivity index (χ3v) is 5.85. The fraction of sp³-hybridized carbons (Fsp3) is 0.381. The summed E-state index contributed by atoms with van der Waals surface area (Å²) in [5.74, 6) is -2.80. The number of nitrogens with one attached hydrogen (secondary N) is 3. The topological polar surface area (TPSA) is 144 Å². The van der Waals surface area contributed by atoms with Gasteiger partial charge in [0.25, 0.3) is 11.8 Å². The average Bonchev–Trinajstić information content (AvgIpc) is 3.21. The highest BCUT2D eigenvalue weighted by molar-refractivity contribution is 7.18. The molecule has 0 aliphatic carbocycles. The average molecular weight is 464 g/mol. The zero-order valence-electron chi connectivity index (χ0n) is 18.7. The maximum Gasteiger partial charge on any atom is 0.355 e. The Morgan fingerprint density at radius 2 is 1.62 bits per heavy atom. The first-order chi connectivity index (χ1) is 15.0. The molecule has 0 radical (unpaired) electrons. The van der Waals surface area contributed by atoms with E-state index in [2.05, 4.69) is 15.6 Å². The molecule has 0 bridgehead atoms. The summed E-state index contributed by atoms with van der Waals surface area (Å²) in [4.78, 5) is 64.0. The Morgan fingerprint density at radius 3 is 2.16 bits per heavy atom. The standard InChI is InChI=1S/C21H25N3O7S/c1-7-30-20(28)15-10(3)17(18(27)22-6)32-19(15)24-13(26)8-31-21(29)16-9(2)14(12(5)25)11(4)23-16/h23H,7-8H2,1-6H3,(H,22,27)(H,24,26). The van der Waals surface area contributed by atoms with Gasteiger partial charge in [-0.3, -0.25) is 14.4 Å². The lowest BCUT2D eigenvalue weighted by atomic mass is 10.1. The summed E-state index contributed by atoms with van der Waals surface area (Å²) in [5, 5.41) is 5.10. The van der Waals surface area contributed by atoms with Crippen molar-refractivity contribution in [1.82, 2.24) is 10.3 Å². The molecule has 0 atom stereocenters. The van der Waals surface area contributed by atoms with E-state index in [0.29, 0.717) is 22.4 Å². The number of esters is 2. The number of thiophene rings is 1. The number of ether oxygens (including phenoxy) is 2. The van der Waals surface area contributed by atoms with Gasteiger partial charge in [-0.2, -0.15) is 0 Å². The Hall–Kier alpha value is -3.47. The Morgan fingerprint density at radius 1 is 0.969 bits per heavy atom. The number of H-pyrrole nitrogens is 1. The van der Waals surface area contributed by atoms with E-state index in [0.717, 1.165) is 11.3 Å². The molecule has 0 fully saturated rings. The second kappa shape index (κ2) is 10.2. The molecule has 2 amide bonds. The normalized spacial score (nSPS) is 10.4. The molecule has 0 unspecified atom stereocenters. The van der Waals surface area contributed by atoms with E-state index in [1.807, 2.05) is 0 Å². The number of Topliss-reactive ketones (excluding diaryl/α,β-unsaturated/α-hetero) is 1. The molecular formula is C21H25N3O7S. The highest BCUT2D eigenvalue weighted by Gasteiger charge is 2.27. The Balaban J connectivity index is 2.18. The quantitative estimate of drug-likeness (QED) is 0.403. The number of aryl methyl sites for hydroxylation is 1. The van der Waals surface area contributed by atoms with Crippen LogP contribution < -0.4 is 10.6 Å². The van der Waals surface area contributed by atoms with Gasteiger partial charge < -0.3 is 25.1 Å². The summed E-state index contributed by atoms with van der Waals surface area (Å²) in [6, 6.07) is 0. The number of amides is 2. The highest BCUT2D eigenvalue weighted by atomic mass is 32.1. The molecule has 2 aromatic heterocycles. The van der Waals surface area contributed by atoms with Crippen LogP contribution in [0.2, 0.25) is 0 Å². The fourth-order valence-electron chi connectivity index (χ4n) is 3.23. The largest absolute Gasteiger partial charge is 0.462 e. The van der Waals surface area contributed by atoms with Gasteiger partial charge in [0, 0.05) is 18.3 Å². The molecule has 0 saturated carbocycles. The van der Waals surface area contributed by atoms with Gasteiger partial charge >= 0.3 is 11.9 Å². The van der Waals surface area contributed by atoms with Crippen molar-refractivity contribution in [3.8, 4) is 0 Å². The molecule has 32 heavy (non-hydrogen) atoms. The number of carbonyl (C=O) groups excluding carboxylic acids is 5. The van der Waals surface area contributed by atoms with E-state index < -0.39 is 30.4 Å². The number of hydrogen-bond donors (Lipinski definition) is 3. The van der Waals surface area contributed by atoms with Crippen molar-refractivity contribution in [3.63, 3.8) is 0 Å². The number of aromatic nitrogens is 1. The molecule has 3 N–H and O–H groups in total. The van der Waals surface area contributed by atoms with E-state index in [1.54, 1.807) is 27.7 Å². The third-order valence-electron chi connectivity index (χ3n) is 4.64. The van der Waals surface area contributed by atoms with Gasteiger partial charge in [0.2, 0.25) is 0 Å². The monoisotopic (exact) mass is 463 g/mol. The third kappa shape index (κ3) is 5.05. The molecule has 11 heteroatoms. The Bertz CT molecular complexity index is 1100. The number of ketones is 1. The molecule has 0 spiro atoms. The number of hydrogen-bond acceptors (Lipinski definition) is 8. The summed E-state index contributed by atoms with van der Waals surface area (Å²) < 4.78 is 10.1. The van der Waals surface area contributed by atoms with Gasteiger partial charge in [-0.05, 0) is 45.7 Å². The van der Waals surface area contributed by atoms with Crippen molar-refractivity contribution in [2.45, 2.75) is 34.6 Å². The van der Waals surface area contributed by atoms with E-state index in [4.69, 9.17) is 9.47 Å². The lowest BCUT2D eigenvalue weighted by Crippen LogP contribution is -2.22. The fourth-order valence-corrected chi connectivity index (χ4v) is 4.39. The smallest absolute Gasteiger partial charge is 0.355 e. The maximum absolute atomic E-state index is 12.4. The van der Waals surface area contributed by atoms with Crippen molar-refractivity contribution in [2.24, 2.45) is 0 Å². The molecule has 2 aromatic rings. The van der Waals surface area contributed by atoms with Crippen LogP contribution in [0.5, 0.6) is 0 Å². The van der Waals surface area contributed by atoms with Gasteiger partial charge in [0.15, 0.2) is 12.4 Å². The first kappa shape index (κ1) is 24.8. The summed E-state index contributed by atoms with van der Waals surface area (Å²) in [6.07, 6.45) is 0. The van der Waals surface area contributed by atoms with Crippen LogP contribution in [0, 0.1) is 20.8 Å². The lowest BCUT2D eigenvalue weighted by molar-refractivity contribution is -0.119. The van der Waals surface area contributed by atoms with Crippen molar-refractivity contribution in [3.05, 3.63) is 38.5 Å². The summed E-state index contributed by atoms with van der Waals surface area (Å²) >= 11 is 0.914. The van der Waals surface area contributed by atoms with Gasteiger partial charge in [-0.1, -0.05) is 0 Å². The minimum absolute atomic E-state index is 0.0667. The number of rotatable bonds is 8. The van der Waals surface area contributed by atoms with Crippen LogP contribution in [0.1, 0.15) is 71.5 Å². The minimum atomic E-state index is -0.799. The van der Waals surface area contributed by atoms with Crippen molar-refractivity contribution < 1.29 is 33.4 Å². The second-order valence-corrected chi connectivity index (χ2v) is 7.89. The van der Waals surface area contributed by atoms with Crippen LogP contribution in [-0.4, -0.2) is 54.8 Å². The Kier molecular flexibility index (Phi) is 7.92. The number of carbonyl (C=O) groups is 5. The lowest BCUT2D eigenvalue weighted by Gasteiger charge is -2.08. The minimum Gasteiger partial charge on any atom is -0.462 e. The zero-order chi connectivity index (χ0) is 24.2. The van der Waals surface area contributed by atoms with Crippen LogP contribution in [0.3, 0.4) is 0 Å². The highest BCUT2D eigenvalue weighted by Crippen LogP contribution is 2.33. The van der Waals surface area contributed by atoms with Gasteiger partial charge in [-0.25, -0.2) is 9.59 Å². The molecule has 0 aliphatic rings. The van der Waals surface area contributed by atoms with Crippen LogP contribution >= 0.6 is 11.3 Å². The van der Waals surface area contributed by atoms with Gasteiger partial charge in [0.1, 0.15) is 10.7 Å². The SMILES string of the molecule is CCOC(=O)c1c(NC(=O)COC(=O)c2[nH]c(C)c(C(C)=O)c2C)sc(C(=O)NC)c1C. The molecule has 2 heterocycles. The molecule has 10 nitrogen and oxygen atoms in total. The van der Waals surface area contributed by atoms with Crippen molar-refractivity contribution in [2.75, 3.05) is 25.6 Å². The van der Waals surface area contributed by atoms with Crippen LogP contribution in [0.25, 0.3) is 0 Å². The van der Waals surface area contributed by atoms with Crippen LogP contribution in [0.15, 0.2) is 0 Å². The van der Waals surface area contributed by atoms with E-state index in [9.17, 15) is 24.0 Å². The van der Waals surface area contributed by atoms with Gasteiger partial charge in [0.05, 0.1) is 17.0 Å². The van der Waals surface area contributed by atoms with E-state index in [1.165, 1.54) is 14.0 Å². The van der Waals surface area contributed by atoms with Crippen LogP contribution in [-0.2, 0) is 14.3 Å². The molecular weight excluding hydrogens is 438 g/mol. The molecule has 0 aromatic carbocycles. The van der Waals surface area contributed by atoms with E-state index in [-0.39, 0.29) is 33.5 Å². The predicted molar refractivity (Wildman–Crippen MR) is 118 cm³/mol. The molecule has 0 aliphatic heterocycles. The first-order valence-electron chi connectivity index (χ1n) is 9.73. The summed E-state index contributed by atoms with van der Waals surface area (Å²) in [5.41, 5.74) is 1.89. The molecule has 172 valence electrons. The summed E-state index contributed by atoms with van der Waals surface area (Å²) in [7, 11) is 1.45. The van der Waals surface area contributed by atoms with E-state index >= 15 is 0 Å².